The quantitative estimate of drug-likeness (QED) is 0.907. The van der Waals surface area contributed by atoms with Gasteiger partial charge in [0.25, 0.3) is 0 Å². The van der Waals surface area contributed by atoms with E-state index in [1.807, 2.05) is 5.38 Å². The van der Waals surface area contributed by atoms with Crippen LogP contribution in [-0.2, 0) is 6.42 Å². The van der Waals surface area contributed by atoms with Crippen LogP contribution < -0.4 is 5.73 Å². The van der Waals surface area contributed by atoms with Crippen LogP contribution in [0, 0.1) is 6.92 Å². The lowest BCUT2D eigenvalue weighted by Gasteiger charge is -2.36. The summed E-state index contributed by atoms with van der Waals surface area (Å²) in [4.78, 5) is 4.43. The Morgan fingerprint density at radius 2 is 2.29 bits per heavy atom. The van der Waals surface area contributed by atoms with Gasteiger partial charge < -0.3 is 10.3 Å². The number of aryl methyl sites for hydroxylation is 1. The van der Waals surface area contributed by atoms with E-state index in [9.17, 15) is 0 Å². The normalized spacial score (nSPS) is 18.0. The van der Waals surface area contributed by atoms with Gasteiger partial charge in [-0.15, -0.1) is 0 Å². The van der Waals surface area contributed by atoms with E-state index in [0.717, 1.165) is 18.4 Å². The first kappa shape index (κ1) is 10.9. The van der Waals surface area contributed by atoms with Crippen LogP contribution >= 0.6 is 11.3 Å². The third kappa shape index (κ3) is 2.00. The smallest absolute Gasteiger partial charge is 0.228 e. The van der Waals surface area contributed by atoms with Crippen LogP contribution in [0.1, 0.15) is 30.7 Å². The molecule has 2 N–H and O–H groups in total. The summed E-state index contributed by atoms with van der Waals surface area (Å²) in [5, 5.41) is 8.16. The first-order valence-electron chi connectivity index (χ1n) is 5.81. The molecule has 0 aliphatic heterocycles. The molecule has 2 heterocycles. The molecule has 5 heteroatoms. The van der Waals surface area contributed by atoms with E-state index in [1.54, 1.807) is 11.3 Å². The Morgan fingerprint density at radius 3 is 2.88 bits per heavy atom. The Labute approximate surface area is 104 Å². The Morgan fingerprint density at radius 1 is 1.47 bits per heavy atom. The van der Waals surface area contributed by atoms with Crippen molar-refractivity contribution >= 4 is 11.3 Å². The Kier molecular flexibility index (Phi) is 2.52. The van der Waals surface area contributed by atoms with Crippen LogP contribution in [0.25, 0.3) is 11.4 Å². The predicted octanol–water partition coefficient (Wildman–Crippen LogP) is 2.53. The van der Waals surface area contributed by atoms with Crippen LogP contribution in [0.15, 0.2) is 15.3 Å². The van der Waals surface area contributed by atoms with E-state index in [4.69, 9.17) is 10.3 Å². The van der Waals surface area contributed by atoms with Crippen molar-refractivity contribution in [3.8, 4) is 11.4 Å². The molecule has 90 valence electrons. The van der Waals surface area contributed by atoms with Crippen molar-refractivity contribution < 1.29 is 4.52 Å². The molecule has 1 fully saturated rings. The van der Waals surface area contributed by atoms with Crippen LogP contribution in [0.5, 0.6) is 0 Å². The van der Waals surface area contributed by atoms with Gasteiger partial charge in [0.15, 0.2) is 0 Å². The molecule has 17 heavy (non-hydrogen) atoms. The number of nitrogens with two attached hydrogens (primary N) is 1. The standard InChI is InChI=1S/C12H15N3OS/c1-8-6-17-7-9(8)11-14-10(16-15-11)5-12(13)3-2-4-12/h6-7H,2-5,13H2,1H3. The van der Waals surface area contributed by atoms with Crippen LogP contribution in [-0.4, -0.2) is 15.7 Å². The fourth-order valence-corrected chi connectivity index (χ4v) is 2.96. The summed E-state index contributed by atoms with van der Waals surface area (Å²) in [7, 11) is 0. The maximum atomic E-state index is 6.17. The van der Waals surface area contributed by atoms with Crippen molar-refractivity contribution in [2.24, 2.45) is 5.73 Å². The molecule has 0 radical (unpaired) electrons. The molecule has 2 aromatic rings. The van der Waals surface area contributed by atoms with E-state index in [0.29, 0.717) is 18.1 Å². The van der Waals surface area contributed by atoms with Crippen molar-refractivity contribution in [1.82, 2.24) is 10.1 Å². The summed E-state index contributed by atoms with van der Waals surface area (Å²) in [5.41, 5.74) is 8.31. The average Bonchev–Trinajstić information content (AvgIpc) is 2.84. The van der Waals surface area contributed by atoms with Crippen molar-refractivity contribution in [1.29, 1.82) is 0 Å². The van der Waals surface area contributed by atoms with Crippen molar-refractivity contribution in [3.63, 3.8) is 0 Å². The minimum absolute atomic E-state index is 0.104. The zero-order valence-electron chi connectivity index (χ0n) is 9.77. The second-order valence-corrected chi connectivity index (χ2v) is 5.62. The molecular formula is C12H15N3OS. The Hall–Kier alpha value is -1.20. The second-order valence-electron chi connectivity index (χ2n) is 4.87. The maximum absolute atomic E-state index is 6.17. The summed E-state index contributed by atoms with van der Waals surface area (Å²) >= 11 is 1.65. The number of hydrogen-bond acceptors (Lipinski definition) is 5. The molecule has 1 saturated carbocycles. The predicted molar refractivity (Wildman–Crippen MR) is 66.8 cm³/mol. The molecule has 0 spiro atoms. The molecular weight excluding hydrogens is 234 g/mol. The molecule has 1 aliphatic rings. The Balaban J connectivity index is 1.81. The van der Waals surface area contributed by atoms with Crippen molar-refractivity contribution in [2.75, 3.05) is 0 Å². The highest BCUT2D eigenvalue weighted by Crippen LogP contribution is 2.32. The van der Waals surface area contributed by atoms with E-state index in [2.05, 4.69) is 22.4 Å². The molecule has 0 aromatic carbocycles. The average molecular weight is 249 g/mol. The number of thiophene rings is 1. The molecule has 2 aromatic heterocycles. The van der Waals surface area contributed by atoms with Gasteiger partial charge in [0.2, 0.25) is 11.7 Å². The maximum Gasteiger partial charge on any atom is 0.228 e. The van der Waals surface area contributed by atoms with Gasteiger partial charge in [0.1, 0.15) is 0 Å². The van der Waals surface area contributed by atoms with Crippen LogP contribution in [0.4, 0.5) is 0 Å². The monoisotopic (exact) mass is 249 g/mol. The van der Waals surface area contributed by atoms with Gasteiger partial charge in [-0.2, -0.15) is 16.3 Å². The Bertz CT molecular complexity index is 527. The molecule has 0 bridgehead atoms. The number of hydrogen-bond donors (Lipinski definition) is 1. The second kappa shape index (κ2) is 3.92. The lowest BCUT2D eigenvalue weighted by Crippen LogP contribution is -2.48. The van der Waals surface area contributed by atoms with Crippen molar-refractivity contribution in [2.45, 2.75) is 38.1 Å². The van der Waals surface area contributed by atoms with Crippen LogP contribution in [0.2, 0.25) is 0 Å². The number of aromatic nitrogens is 2. The molecule has 1 aliphatic carbocycles. The molecule has 0 atom stereocenters. The number of nitrogens with zero attached hydrogens (tertiary/aromatic N) is 2. The highest BCUT2D eigenvalue weighted by Gasteiger charge is 2.34. The minimum Gasteiger partial charge on any atom is -0.339 e. The van der Waals surface area contributed by atoms with Crippen LogP contribution in [0.3, 0.4) is 0 Å². The van der Waals surface area contributed by atoms with Gasteiger partial charge in [-0.1, -0.05) is 5.16 Å². The first-order chi connectivity index (χ1) is 8.16. The van der Waals surface area contributed by atoms with Gasteiger partial charge >= 0.3 is 0 Å². The van der Waals surface area contributed by atoms with Gasteiger partial charge in [-0.05, 0) is 37.1 Å². The molecule has 3 rings (SSSR count). The summed E-state index contributed by atoms with van der Waals surface area (Å²) in [6.45, 7) is 2.05. The van der Waals surface area contributed by atoms with E-state index in [1.165, 1.54) is 12.0 Å². The minimum atomic E-state index is -0.104. The largest absolute Gasteiger partial charge is 0.339 e. The van der Waals surface area contributed by atoms with E-state index < -0.39 is 0 Å². The van der Waals surface area contributed by atoms with E-state index >= 15 is 0 Å². The SMILES string of the molecule is Cc1cscc1-c1noc(CC2(N)CCC2)n1. The molecule has 4 nitrogen and oxygen atoms in total. The highest BCUT2D eigenvalue weighted by atomic mass is 32.1. The van der Waals surface area contributed by atoms with Gasteiger partial charge in [0, 0.05) is 22.9 Å². The lowest BCUT2D eigenvalue weighted by molar-refractivity contribution is 0.222. The fourth-order valence-electron chi connectivity index (χ4n) is 2.13. The first-order valence-corrected chi connectivity index (χ1v) is 6.75. The number of rotatable bonds is 3. The van der Waals surface area contributed by atoms with E-state index in [-0.39, 0.29) is 5.54 Å². The summed E-state index contributed by atoms with van der Waals surface area (Å²) in [6.07, 6.45) is 4.02. The topological polar surface area (TPSA) is 64.9 Å². The molecule has 0 saturated heterocycles. The summed E-state index contributed by atoms with van der Waals surface area (Å²) in [6, 6.07) is 0. The fraction of sp³-hybridized carbons (Fsp3) is 0.500. The third-order valence-corrected chi connectivity index (χ3v) is 4.28. The molecule has 0 unspecified atom stereocenters. The highest BCUT2D eigenvalue weighted by molar-refractivity contribution is 7.08. The summed E-state index contributed by atoms with van der Waals surface area (Å²) in [5.74, 6) is 1.34. The zero-order valence-corrected chi connectivity index (χ0v) is 10.6. The van der Waals surface area contributed by atoms with Gasteiger partial charge in [-0.25, -0.2) is 0 Å². The molecule has 0 amide bonds. The summed E-state index contributed by atoms with van der Waals surface area (Å²) < 4.78 is 5.28. The van der Waals surface area contributed by atoms with Crippen molar-refractivity contribution in [3.05, 3.63) is 22.2 Å². The lowest BCUT2D eigenvalue weighted by atomic mass is 9.75. The zero-order chi connectivity index (χ0) is 11.9. The van der Waals surface area contributed by atoms with Gasteiger partial charge in [0.05, 0.1) is 0 Å². The third-order valence-electron chi connectivity index (χ3n) is 3.42. The van der Waals surface area contributed by atoms with Gasteiger partial charge in [-0.3, -0.25) is 0 Å².